The van der Waals surface area contributed by atoms with Gasteiger partial charge in [0.1, 0.15) is 0 Å². The highest BCUT2D eigenvalue weighted by atomic mass is 127. The van der Waals surface area contributed by atoms with E-state index in [4.69, 9.17) is 5.73 Å². The van der Waals surface area contributed by atoms with E-state index < -0.39 is 0 Å². The Bertz CT molecular complexity index is 532. The number of aliphatic imine (C=N–C) groups is 1. The first-order chi connectivity index (χ1) is 11.5. The van der Waals surface area contributed by atoms with Crippen LogP contribution in [0.5, 0.6) is 0 Å². The molecular weight excluding hydrogens is 423 g/mol. The van der Waals surface area contributed by atoms with Crippen LogP contribution in [0.1, 0.15) is 45.2 Å². The number of hydrogen-bond acceptors (Lipinski definition) is 2. The summed E-state index contributed by atoms with van der Waals surface area (Å²) in [6, 6.07) is 8.66. The molecule has 1 aliphatic heterocycles. The number of guanidine groups is 1. The number of likely N-dealkylation sites (tertiary alicyclic amines) is 1. The third-order valence-electron chi connectivity index (χ3n) is 4.96. The van der Waals surface area contributed by atoms with E-state index in [1.807, 2.05) is 0 Å². The average molecular weight is 458 g/mol. The van der Waals surface area contributed by atoms with Crippen molar-refractivity contribution in [3.05, 3.63) is 35.4 Å². The van der Waals surface area contributed by atoms with E-state index in [1.165, 1.54) is 30.6 Å². The average Bonchev–Trinajstić information content (AvgIpc) is 2.54. The maximum atomic E-state index is 6.12. The van der Waals surface area contributed by atoms with Crippen LogP contribution in [-0.2, 0) is 13.1 Å². The standard InChI is InChI=1S/C20H34N4.HI/c1-5-24(6-2)20(21)22-12-18-9-7-8-10-19(18)15-23-13-16(3)11-17(4)14-23;/h7-10,16-17H,5-6,11-15H2,1-4H3,(H2,21,22);1H. The molecule has 0 aromatic heterocycles. The fourth-order valence-electron chi connectivity index (χ4n) is 3.84. The number of halogens is 1. The van der Waals surface area contributed by atoms with Gasteiger partial charge in [0.2, 0.25) is 0 Å². The van der Waals surface area contributed by atoms with Crippen molar-refractivity contribution < 1.29 is 0 Å². The summed E-state index contributed by atoms with van der Waals surface area (Å²) in [6.07, 6.45) is 1.35. The highest BCUT2D eigenvalue weighted by Gasteiger charge is 2.22. The zero-order chi connectivity index (χ0) is 17.5. The van der Waals surface area contributed by atoms with E-state index in [1.54, 1.807) is 0 Å². The predicted molar refractivity (Wildman–Crippen MR) is 118 cm³/mol. The summed E-state index contributed by atoms with van der Waals surface area (Å²) in [5.74, 6) is 2.23. The summed E-state index contributed by atoms with van der Waals surface area (Å²) in [5, 5.41) is 0. The van der Waals surface area contributed by atoms with Crippen molar-refractivity contribution in [2.75, 3.05) is 26.2 Å². The number of nitrogens with two attached hydrogens (primary N) is 1. The molecule has 2 N–H and O–H groups in total. The molecule has 4 nitrogen and oxygen atoms in total. The fraction of sp³-hybridized carbons (Fsp3) is 0.650. The summed E-state index contributed by atoms with van der Waals surface area (Å²) in [6.45, 7) is 14.8. The summed E-state index contributed by atoms with van der Waals surface area (Å²) in [7, 11) is 0. The van der Waals surface area contributed by atoms with Crippen LogP contribution in [-0.4, -0.2) is 41.9 Å². The first kappa shape index (κ1) is 22.2. The zero-order valence-electron chi connectivity index (χ0n) is 16.2. The van der Waals surface area contributed by atoms with Crippen LogP contribution in [0, 0.1) is 11.8 Å². The number of nitrogens with zero attached hydrogens (tertiary/aromatic N) is 3. The van der Waals surface area contributed by atoms with Gasteiger partial charge in [0.15, 0.2) is 5.96 Å². The molecule has 2 unspecified atom stereocenters. The molecule has 0 saturated carbocycles. The van der Waals surface area contributed by atoms with Gasteiger partial charge in [-0.3, -0.25) is 4.90 Å². The van der Waals surface area contributed by atoms with Crippen LogP contribution in [0.2, 0.25) is 0 Å². The van der Waals surface area contributed by atoms with Crippen molar-refractivity contribution in [2.24, 2.45) is 22.6 Å². The van der Waals surface area contributed by atoms with Crippen molar-refractivity contribution in [2.45, 2.75) is 47.2 Å². The molecule has 0 amide bonds. The van der Waals surface area contributed by atoms with Gasteiger partial charge in [-0.25, -0.2) is 4.99 Å². The highest BCUT2D eigenvalue weighted by Crippen LogP contribution is 2.23. The molecule has 5 heteroatoms. The quantitative estimate of drug-likeness (QED) is 0.399. The third-order valence-corrected chi connectivity index (χ3v) is 4.96. The van der Waals surface area contributed by atoms with Gasteiger partial charge in [-0.1, -0.05) is 38.1 Å². The Labute approximate surface area is 170 Å². The van der Waals surface area contributed by atoms with E-state index in [-0.39, 0.29) is 24.0 Å². The number of piperidine rings is 1. The largest absolute Gasteiger partial charge is 0.370 e. The molecule has 1 aromatic carbocycles. The molecule has 1 fully saturated rings. The van der Waals surface area contributed by atoms with E-state index in [2.05, 4.69) is 66.8 Å². The van der Waals surface area contributed by atoms with Gasteiger partial charge in [0.05, 0.1) is 6.54 Å². The van der Waals surface area contributed by atoms with Gasteiger partial charge in [-0.05, 0) is 43.2 Å². The first-order valence-corrected chi connectivity index (χ1v) is 9.37. The molecule has 2 rings (SSSR count). The first-order valence-electron chi connectivity index (χ1n) is 9.37. The normalized spacial score (nSPS) is 21.7. The molecule has 1 heterocycles. The molecular formula is C20H35IN4. The Morgan fingerprint density at radius 1 is 1.12 bits per heavy atom. The molecule has 1 aliphatic rings. The SMILES string of the molecule is CCN(CC)C(N)=NCc1ccccc1CN1CC(C)CC(C)C1.I. The van der Waals surface area contributed by atoms with Crippen molar-refractivity contribution >= 4 is 29.9 Å². The number of hydrogen-bond donors (Lipinski definition) is 1. The molecule has 1 aromatic rings. The molecule has 1 saturated heterocycles. The molecule has 0 spiro atoms. The Balaban J connectivity index is 0.00000312. The topological polar surface area (TPSA) is 44.9 Å². The second kappa shape index (κ2) is 11.0. The van der Waals surface area contributed by atoms with Crippen LogP contribution in [0.3, 0.4) is 0 Å². The van der Waals surface area contributed by atoms with Crippen LogP contribution >= 0.6 is 24.0 Å². The van der Waals surface area contributed by atoms with Gasteiger partial charge in [-0.2, -0.15) is 0 Å². The van der Waals surface area contributed by atoms with Gasteiger partial charge in [0, 0.05) is 32.7 Å². The van der Waals surface area contributed by atoms with Crippen LogP contribution in [0.15, 0.2) is 29.3 Å². The highest BCUT2D eigenvalue weighted by molar-refractivity contribution is 14.0. The van der Waals surface area contributed by atoms with Gasteiger partial charge in [0.25, 0.3) is 0 Å². The van der Waals surface area contributed by atoms with Crippen molar-refractivity contribution in [1.82, 2.24) is 9.80 Å². The van der Waals surface area contributed by atoms with Crippen molar-refractivity contribution in [3.8, 4) is 0 Å². The lowest BCUT2D eigenvalue weighted by atomic mass is 9.91. The number of rotatable bonds is 6. The minimum atomic E-state index is 0. The maximum absolute atomic E-state index is 6.12. The molecule has 142 valence electrons. The van der Waals surface area contributed by atoms with Gasteiger partial charge < -0.3 is 10.6 Å². The molecule has 2 atom stereocenters. The summed E-state index contributed by atoms with van der Waals surface area (Å²) >= 11 is 0. The summed E-state index contributed by atoms with van der Waals surface area (Å²) < 4.78 is 0. The Morgan fingerprint density at radius 2 is 1.68 bits per heavy atom. The molecule has 0 bridgehead atoms. The summed E-state index contributed by atoms with van der Waals surface area (Å²) in [4.78, 5) is 9.31. The monoisotopic (exact) mass is 458 g/mol. The Morgan fingerprint density at radius 3 is 2.24 bits per heavy atom. The third kappa shape index (κ3) is 6.77. The second-order valence-electron chi connectivity index (χ2n) is 7.26. The summed E-state index contributed by atoms with van der Waals surface area (Å²) in [5.41, 5.74) is 8.80. The fourth-order valence-corrected chi connectivity index (χ4v) is 3.84. The minimum absolute atomic E-state index is 0. The lowest BCUT2D eigenvalue weighted by Gasteiger charge is -2.35. The van der Waals surface area contributed by atoms with Gasteiger partial charge in [-0.15, -0.1) is 24.0 Å². The van der Waals surface area contributed by atoms with Crippen molar-refractivity contribution in [3.63, 3.8) is 0 Å². The zero-order valence-corrected chi connectivity index (χ0v) is 18.6. The molecule has 25 heavy (non-hydrogen) atoms. The number of benzene rings is 1. The van der Waals surface area contributed by atoms with Crippen molar-refractivity contribution in [1.29, 1.82) is 0 Å². The predicted octanol–water partition coefficient (Wildman–Crippen LogP) is 3.94. The molecule has 0 aliphatic carbocycles. The smallest absolute Gasteiger partial charge is 0.191 e. The Kier molecular flexibility index (Phi) is 9.79. The van der Waals surface area contributed by atoms with Gasteiger partial charge >= 0.3 is 0 Å². The minimum Gasteiger partial charge on any atom is -0.370 e. The van der Waals surface area contributed by atoms with Crippen LogP contribution in [0.4, 0.5) is 0 Å². The lowest BCUT2D eigenvalue weighted by molar-refractivity contribution is 0.134. The second-order valence-corrected chi connectivity index (χ2v) is 7.26. The maximum Gasteiger partial charge on any atom is 0.191 e. The van der Waals surface area contributed by atoms with E-state index in [0.717, 1.165) is 31.5 Å². The van der Waals surface area contributed by atoms with Crippen LogP contribution in [0.25, 0.3) is 0 Å². The van der Waals surface area contributed by atoms with E-state index >= 15 is 0 Å². The van der Waals surface area contributed by atoms with Crippen LogP contribution < -0.4 is 5.73 Å². The Hall–Kier alpha value is -0.820. The molecule has 0 radical (unpaired) electrons. The lowest BCUT2D eigenvalue weighted by Crippen LogP contribution is -2.38. The van der Waals surface area contributed by atoms with E-state index in [9.17, 15) is 0 Å². The van der Waals surface area contributed by atoms with E-state index in [0.29, 0.717) is 12.5 Å².